The number of nitrogens with one attached hydrogen (secondary N) is 1. The van der Waals surface area contributed by atoms with E-state index in [0.717, 1.165) is 0 Å². The fraction of sp³-hybridized carbons (Fsp3) is 0.100. The number of carbonyl (C=O) groups excluding carboxylic acids is 1. The van der Waals surface area contributed by atoms with Crippen LogP contribution in [0.25, 0.3) is 10.9 Å². The van der Waals surface area contributed by atoms with E-state index in [1.54, 1.807) is 0 Å². The van der Waals surface area contributed by atoms with Crippen molar-refractivity contribution in [3.8, 4) is 0 Å². The molecule has 0 spiro atoms. The van der Waals surface area contributed by atoms with Gasteiger partial charge in [0.15, 0.2) is 0 Å². The van der Waals surface area contributed by atoms with Crippen molar-refractivity contribution in [2.75, 3.05) is 7.11 Å². The van der Waals surface area contributed by atoms with E-state index >= 15 is 0 Å². The SMILES string of the molecule is COC=O.c1ccc2[nH]ccc2c1. The molecule has 0 saturated heterocycles. The Morgan fingerprint density at radius 3 is 2.62 bits per heavy atom. The molecular formula is C10H11NO2. The summed E-state index contributed by atoms with van der Waals surface area (Å²) in [5, 5.41) is 1.28. The van der Waals surface area contributed by atoms with E-state index in [1.807, 2.05) is 18.3 Å². The summed E-state index contributed by atoms with van der Waals surface area (Å²) in [6.07, 6.45) is 1.95. The molecule has 0 saturated carbocycles. The summed E-state index contributed by atoms with van der Waals surface area (Å²) in [5.74, 6) is 0. The molecule has 0 aliphatic carbocycles. The van der Waals surface area contributed by atoms with Crippen molar-refractivity contribution < 1.29 is 9.53 Å². The molecule has 2 aromatic rings. The van der Waals surface area contributed by atoms with Gasteiger partial charge in [-0.15, -0.1) is 0 Å². The summed E-state index contributed by atoms with van der Waals surface area (Å²) in [4.78, 5) is 12.1. The monoisotopic (exact) mass is 177 g/mol. The Balaban J connectivity index is 0.000000184. The van der Waals surface area contributed by atoms with Crippen LogP contribution in [0.5, 0.6) is 0 Å². The second-order valence-corrected chi connectivity index (χ2v) is 2.40. The van der Waals surface area contributed by atoms with Crippen LogP contribution in [0.3, 0.4) is 0 Å². The number of hydrogen-bond acceptors (Lipinski definition) is 2. The molecule has 0 amide bonds. The lowest BCUT2D eigenvalue weighted by atomic mass is 10.3. The standard InChI is InChI=1S/C8H7N.C2H4O2/c1-2-4-8-7(3-1)5-6-9-8;1-4-2-3/h1-6,9H;2H,1H3. The number of rotatable bonds is 1. The van der Waals surface area contributed by atoms with Crippen molar-refractivity contribution in [1.82, 2.24) is 4.98 Å². The Morgan fingerprint density at radius 1 is 1.31 bits per heavy atom. The number of aromatic nitrogens is 1. The van der Waals surface area contributed by atoms with Crippen molar-refractivity contribution in [3.05, 3.63) is 36.5 Å². The molecule has 0 fully saturated rings. The first-order valence-electron chi connectivity index (χ1n) is 3.87. The van der Waals surface area contributed by atoms with Crippen molar-refractivity contribution in [2.24, 2.45) is 0 Å². The lowest BCUT2D eigenvalue weighted by Crippen LogP contribution is -1.68. The Kier molecular flexibility index (Phi) is 3.57. The van der Waals surface area contributed by atoms with Crippen LogP contribution < -0.4 is 0 Å². The van der Waals surface area contributed by atoms with Crippen LogP contribution in [0.2, 0.25) is 0 Å². The van der Waals surface area contributed by atoms with E-state index in [2.05, 4.69) is 27.9 Å². The minimum atomic E-state index is 0.375. The molecule has 0 atom stereocenters. The van der Waals surface area contributed by atoms with E-state index < -0.39 is 0 Å². The molecule has 68 valence electrons. The highest BCUT2D eigenvalue weighted by Gasteiger charge is 1.86. The zero-order chi connectivity index (χ0) is 9.52. The van der Waals surface area contributed by atoms with Gasteiger partial charge in [0.2, 0.25) is 0 Å². The molecule has 0 aliphatic heterocycles. The number of hydrogen-bond donors (Lipinski definition) is 1. The lowest BCUT2D eigenvalue weighted by Gasteiger charge is -1.83. The third kappa shape index (κ3) is 2.63. The number of carbonyl (C=O) groups is 1. The van der Waals surface area contributed by atoms with Gasteiger partial charge in [0.25, 0.3) is 6.47 Å². The highest BCUT2D eigenvalue weighted by Crippen LogP contribution is 2.09. The molecule has 1 aromatic heterocycles. The first kappa shape index (κ1) is 9.32. The maximum Gasteiger partial charge on any atom is 0.292 e. The molecule has 0 bridgehead atoms. The molecule has 2 rings (SSSR count). The average molecular weight is 177 g/mol. The van der Waals surface area contributed by atoms with Crippen LogP contribution in [0.4, 0.5) is 0 Å². The molecule has 0 unspecified atom stereocenters. The Labute approximate surface area is 76.3 Å². The van der Waals surface area contributed by atoms with Gasteiger partial charge >= 0.3 is 0 Å². The fourth-order valence-electron chi connectivity index (χ4n) is 0.995. The lowest BCUT2D eigenvalue weighted by molar-refractivity contribution is -0.126. The van der Waals surface area contributed by atoms with Crippen LogP contribution >= 0.6 is 0 Å². The van der Waals surface area contributed by atoms with Crippen LogP contribution in [-0.4, -0.2) is 18.6 Å². The molecule has 13 heavy (non-hydrogen) atoms. The summed E-state index contributed by atoms with van der Waals surface area (Å²) in [6.45, 7) is 0.375. The number of ether oxygens (including phenoxy) is 1. The average Bonchev–Trinajstić information content (AvgIpc) is 2.66. The van der Waals surface area contributed by atoms with Crippen molar-refractivity contribution in [3.63, 3.8) is 0 Å². The summed E-state index contributed by atoms with van der Waals surface area (Å²) < 4.78 is 3.86. The smallest absolute Gasteiger partial charge is 0.292 e. The van der Waals surface area contributed by atoms with E-state index in [9.17, 15) is 0 Å². The Morgan fingerprint density at radius 2 is 2.00 bits per heavy atom. The van der Waals surface area contributed by atoms with Gasteiger partial charge in [-0.05, 0) is 17.5 Å². The second kappa shape index (κ2) is 4.98. The molecule has 1 aromatic carbocycles. The van der Waals surface area contributed by atoms with E-state index in [0.29, 0.717) is 6.47 Å². The van der Waals surface area contributed by atoms with Crippen LogP contribution in [-0.2, 0) is 9.53 Å². The quantitative estimate of drug-likeness (QED) is 0.676. The summed E-state index contributed by atoms with van der Waals surface area (Å²) >= 11 is 0. The van der Waals surface area contributed by atoms with Gasteiger partial charge in [-0.3, -0.25) is 4.79 Å². The van der Waals surface area contributed by atoms with Crippen molar-refractivity contribution in [1.29, 1.82) is 0 Å². The second-order valence-electron chi connectivity index (χ2n) is 2.40. The largest absolute Gasteiger partial charge is 0.471 e. The zero-order valence-electron chi connectivity index (χ0n) is 7.36. The predicted molar refractivity (Wildman–Crippen MR) is 51.4 cm³/mol. The minimum absolute atomic E-state index is 0.375. The molecular weight excluding hydrogens is 166 g/mol. The molecule has 3 heteroatoms. The van der Waals surface area contributed by atoms with Gasteiger partial charge in [-0.25, -0.2) is 0 Å². The summed E-state index contributed by atoms with van der Waals surface area (Å²) in [6, 6.07) is 10.3. The van der Waals surface area contributed by atoms with Gasteiger partial charge in [0.05, 0.1) is 7.11 Å². The summed E-state index contributed by atoms with van der Waals surface area (Å²) in [7, 11) is 1.31. The number of para-hydroxylation sites is 1. The van der Waals surface area contributed by atoms with Gasteiger partial charge in [-0.1, -0.05) is 18.2 Å². The number of methoxy groups -OCH3 is 1. The third-order valence-corrected chi connectivity index (χ3v) is 1.56. The molecule has 0 radical (unpaired) electrons. The maximum absolute atomic E-state index is 8.95. The van der Waals surface area contributed by atoms with Crippen molar-refractivity contribution in [2.45, 2.75) is 0 Å². The van der Waals surface area contributed by atoms with Crippen LogP contribution in [0, 0.1) is 0 Å². The number of benzene rings is 1. The molecule has 3 nitrogen and oxygen atoms in total. The fourth-order valence-corrected chi connectivity index (χ4v) is 0.995. The van der Waals surface area contributed by atoms with E-state index in [-0.39, 0.29) is 0 Å². The minimum Gasteiger partial charge on any atom is -0.471 e. The molecule has 0 aliphatic rings. The van der Waals surface area contributed by atoms with Gasteiger partial charge in [0, 0.05) is 11.7 Å². The third-order valence-electron chi connectivity index (χ3n) is 1.56. The maximum atomic E-state index is 8.95. The van der Waals surface area contributed by atoms with Gasteiger partial charge in [0.1, 0.15) is 0 Å². The Bertz CT molecular complexity index is 337. The van der Waals surface area contributed by atoms with Crippen molar-refractivity contribution >= 4 is 17.4 Å². The van der Waals surface area contributed by atoms with E-state index in [4.69, 9.17) is 4.79 Å². The zero-order valence-corrected chi connectivity index (χ0v) is 7.36. The first-order valence-corrected chi connectivity index (χ1v) is 3.87. The van der Waals surface area contributed by atoms with Gasteiger partial charge in [-0.2, -0.15) is 0 Å². The topological polar surface area (TPSA) is 42.1 Å². The van der Waals surface area contributed by atoms with Crippen LogP contribution in [0.15, 0.2) is 36.5 Å². The highest BCUT2D eigenvalue weighted by molar-refractivity contribution is 5.78. The van der Waals surface area contributed by atoms with Gasteiger partial charge < -0.3 is 9.72 Å². The Hall–Kier alpha value is -1.77. The molecule has 1 N–H and O–H groups in total. The summed E-state index contributed by atoms with van der Waals surface area (Å²) in [5.41, 5.74) is 1.21. The predicted octanol–water partition coefficient (Wildman–Crippen LogP) is 1.96. The number of fused-ring (bicyclic) bond motifs is 1. The number of H-pyrrole nitrogens is 1. The normalized spacial score (nSPS) is 8.69. The molecule has 1 heterocycles. The highest BCUT2D eigenvalue weighted by atomic mass is 16.5. The number of aromatic amines is 1. The van der Waals surface area contributed by atoms with Crippen LogP contribution in [0.1, 0.15) is 0 Å². The van der Waals surface area contributed by atoms with E-state index in [1.165, 1.54) is 18.0 Å². The first-order chi connectivity index (χ1) is 6.38.